The lowest BCUT2D eigenvalue weighted by Gasteiger charge is -2.06. The van der Waals surface area contributed by atoms with Crippen LogP contribution in [0.5, 0.6) is 0 Å². The number of nitrogens with zero attached hydrogens (tertiary/aromatic N) is 3. The van der Waals surface area contributed by atoms with E-state index < -0.39 is 11.2 Å². The van der Waals surface area contributed by atoms with Crippen molar-refractivity contribution in [2.24, 2.45) is 0 Å². The first-order valence-corrected chi connectivity index (χ1v) is 8.02. The number of aromatic nitrogens is 4. The average molecular weight is 355 g/mol. The van der Waals surface area contributed by atoms with Gasteiger partial charge in [0.05, 0.1) is 6.61 Å². The highest BCUT2D eigenvalue weighted by molar-refractivity contribution is 6.29. The Balaban J connectivity index is 2.23. The number of unbranched alkanes of at least 4 members (excludes halogenated alkanes) is 1. The van der Waals surface area contributed by atoms with Crippen molar-refractivity contribution in [1.82, 2.24) is 19.1 Å². The molecule has 1 N–H and O–H groups in total. The molecule has 9 heteroatoms. The highest BCUT2D eigenvalue weighted by Gasteiger charge is 2.16. The van der Waals surface area contributed by atoms with Crippen LogP contribution in [-0.2, 0) is 22.6 Å². The van der Waals surface area contributed by atoms with E-state index in [1.807, 2.05) is 0 Å². The number of esters is 1. The van der Waals surface area contributed by atoms with Crippen molar-refractivity contribution in [2.75, 3.05) is 6.61 Å². The predicted molar refractivity (Wildman–Crippen MR) is 90.3 cm³/mol. The molecule has 0 aromatic carbocycles. The minimum absolute atomic E-state index is 0.109. The fourth-order valence-corrected chi connectivity index (χ4v) is 2.63. The van der Waals surface area contributed by atoms with Crippen molar-refractivity contribution in [3.8, 4) is 0 Å². The van der Waals surface area contributed by atoms with Crippen LogP contribution >= 0.6 is 11.6 Å². The van der Waals surface area contributed by atoms with Crippen LogP contribution in [0.2, 0.25) is 5.28 Å². The Morgan fingerprint density at radius 2 is 2.12 bits per heavy atom. The van der Waals surface area contributed by atoms with Crippen LogP contribution in [0, 0.1) is 0 Å². The third-order valence-corrected chi connectivity index (χ3v) is 3.76. The van der Waals surface area contributed by atoms with Crippen LogP contribution in [0.25, 0.3) is 11.2 Å². The Hall–Kier alpha value is -2.35. The van der Waals surface area contributed by atoms with Crippen molar-refractivity contribution in [3.05, 3.63) is 38.8 Å². The van der Waals surface area contributed by atoms with Gasteiger partial charge in [-0.2, -0.15) is 4.98 Å². The number of allylic oxidation sites excluding steroid dienone is 1. The molecule has 0 amide bonds. The van der Waals surface area contributed by atoms with Crippen molar-refractivity contribution in [3.63, 3.8) is 0 Å². The number of H-pyrrole nitrogens is 1. The molecule has 0 saturated heterocycles. The average Bonchev–Trinajstić information content (AvgIpc) is 2.83. The third kappa shape index (κ3) is 3.76. The maximum absolute atomic E-state index is 12.6. The van der Waals surface area contributed by atoms with Crippen LogP contribution in [0.1, 0.15) is 26.2 Å². The smallest absolute Gasteiger partial charge is 0.330 e. The van der Waals surface area contributed by atoms with Gasteiger partial charge < -0.3 is 9.30 Å². The van der Waals surface area contributed by atoms with Gasteiger partial charge in [0.25, 0.3) is 5.56 Å². The molecule has 24 heavy (non-hydrogen) atoms. The van der Waals surface area contributed by atoms with Gasteiger partial charge in [-0.25, -0.2) is 4.79 Å². The van der Waals surface area contributed by atoms with Gasteiger partial charge in [-0.15, -0.1) is 6.58 Å². The standard InChI is InChI=1S/C15H19ClN4O4/c1-3-8-19-11-12(17-14(19)16)18-15(23)20(13(11)22)9-6-5-7-10(21)24-4-2/h3H,1,4-9H2,2H3,(H,18,23). The summed E-state index contributed by atoms with van der Waals surface area (Å²) in [6.07, 6.45) is 2.86. The number of aromatic amines is 1. The molecule has 2 aromatic heterocycles. The predicted octanol–water partition coefficient (Wildman–Crippen LogP) is 1.46. The summed E-state index contributed by atoms with van der Waals surface area (Å²) in [4.78, 5) is 42.5. The van der Waals surface area contributed by atoms with Crippen LogP contribution in [0.15, 0.2) is 22.2 Å². The molecule has 0 bridgehead atoms. The molecular weight excluding hydrogens is 336 g/mol. The largest absolute Gasteiger partial charge is 0.466 e. The molecule has 0 unspecified atom stereocenters. The summed E-state index contributed by atoms with van der Waals surface area (Å²) in [7, 11) is 0. The molecule has 0 radical (unpaired) electrons. The molecule has 2 aromatic rings. The monoisotopic (exact) mass is 354 g/mol. The fraction of sp³-hybridized carbons (Fsp3) is 0.467. The van der Waals surface area contributed by atoms with E-state index in [1.165, 1.54) is 4.57 Å². The second-order valence-electron chi connectivity index (χ2n) is 5.13. The number of hydrogen-bond acceptors (Lipinski definition) is 5. The molecule has 0 aliphatic heterocycles. The summed E-state index contributed by atoms with van der Waals surface area (Å²) in [5.41, 5.74) is -0.640. The summed E-state index contributed by atoms with van der Waals surface area (Å²) in [5, 5.41) is 0.109. The lowest BCUT2D eigenvalue weighted by molar-refractivity contribution is -0.143. The minimum Gasteiger partial charge on any atom is -0.466 e. The maximum Gasteiger partial charge on any atom is 0.330 e. The third-order valence-electron chi connectivity index (χ3n) is 3.47. The molecule has 0 atom stereocenters. The number of hydrogen-bond donors (Lipinski definition) is 1. The molecule has 0 aliphatic rings. The maximum atomic E-state index is 12.6. The number of ether oxygens (including phenoxy) is 1. The lowest BCUT2D eigenvalue weighted by atomic mass is 10.2. The van der Waals surface area contributed by atoms with Crippen LogP contribution in [-0.4, -0.2) is 31.7 Å². The molecule has 0 fully saturated rings. The molecule has 0 saturated carbocycles. The minimum atomic E-state index is -0.552. The van der Waals surface area contributed by atoms with E-state index >= 15 is 0 Å². The highest BCUT2D eigenvalue weighted by atomic mass is 35.5. The number of nitrogens with one attached hydrogen (secondary N) is 1. The summed E-state index contributed by atoms with van der Waals surface area (Å²) in [6.45, 7) is 6.19. The number of imidazole rings is 1. The molecule has 8 nitrogen and oxygen atoms in total. The summed E-state index contributed by atoms with van der Waals surface area (Å²) in [5.74, 6) is -0.287. The molecule has 0 spiro atoms. The second-order valence-corrected chi connectivity index (χ2v) is 5.46. The van der Waals surface area contributed by atoms with Gasteiger partial charge >= 0.3 is 11.7 Å². The normalized spacial score (nSPS) is 10.9. The van der Waals surface area contributed by atoms with Crippen LogP contribution < -0.4 is 11.2 Å². The van der Waals surface area contributed by atoms with E-state index in [0.717, 1.165) is 4.57 Å². The Bertz CT molecular complexity index is 865. The molecule has 2 rings (SSSR count). The van der Waals surface area contributed by atoms with Gasteiger partial charge in [0, 0.05) is 19.5 Å². The SMILES string of the molecule is C=CCn1c(Cl)nc2[nH]c(=O)n(CCCCC(=O)OCC)c(=O)c21. The van der Waals surface area contributed by atoms with Gasteiger partial charge in [0.1, 0.15) is 0 Å². The lowest BCUT2D eigenvalue weighted by Crippen LogP contribution is -2.35. The van der Waals surface area contributed by atoms with Crippen molar-refractivity contribution in [1.29, 1.82) is 0 Å². The zero-order chi connectivity index (χ0) is 17.7. The quantitative estimate of drug-likeness (QED) is 0.335. The Labute approximate surface area is 142 Å². The van der Waals surface area contributed by atoms with Crippen molar-refractivity contribution < 1.29 is 9.53 Å². The number of rotatable bonds is 8. The van der Waals surface area contributed by atoms with E-state index in [1.54, 1.807) is 13.0 Å². The Morgan fingerprint density at radius 3 is 2.79 bits per heavy atom. The first-order chi connectivity index (χ1) is 11.5. The van der Waals surface area contributed by atoms with E-state index in [0.29, 0.717) is 26.0 Å². The molecule has 0 aliphatic carbocycles. The van der Waals surface area contributed by atoms with E-state index in [2.05, 4.69) is 16.5 Å². The van der Waals surface area contributed by atoms with E-state index in [4.69, 9.17) is 16.3 Å². The number of carbonyl (C=O) groups excluding carboxylic acids is 1. The Morgan fingerprint density at radius 1 is 1.38 bits per heavy atom. The summed E-state index contributed by atoms with van der Waals surface area (Å²) >= 11 is 6.00. The van der Waals surface area contributed by atoms with Crippen molar-refractivity contribution in [2.45, 2.75) is 39.3 Å². The van der Waals surface area contributed by atoms with Gasteiger partial charge in [0.15, 0.2) is 11.2 Å². The van der Waals surface area contributed by atoms with Crippen molar-refractivity contribution >= 4 is 28.7 Å². The van der Waals surface area contributed by atoms with E-state index in [-0.39, 0.29) is 35.4 Å². The van der Waals surface area contributed by atoms with Gasteiger partial charge in [-0.3, -0.25) is 19.1 Å². The highest BCUT2D eigenvalue weighted by Crippen LogP contribution is 2.14. The summed E-state index contributed by atoms with van der Waals surface area (Å²) < 4.78 is 7.41. The number of fused-ring (bicyclic) bond motifs is 1. The second kappa shape index (κ2) is 7.96. The first-order valence-electron chi connectivity index (χ1n) is 7.65. The number of halogens is 1. The number of carbonyl (C=O) groups is 1. The van der Waals surface area contributed by atoms with Gasteiger partial charge in [-0.05, 0) is 31.4 Å². The zero-order valence-corrected chi connectivity index (χ0v) is 14.1. The Kier molecular flexibility index (Phi) is 5.97. The van der Waals surface area contributed by atoms with Gasteiger partial charge in [0.2, 0.25) is 5.28 Å². The van der Waals surface area contributed by atoms with Crippen LogP contribution in [0.4, 0.5) is 0 Å². The summed E-state index contributed by atoms with van der Waals surface area (Å²) in [6, 6.07) is 0. The fourth-order valence-electron chi connectivity index (χ4n) is 2.39. The first kappa shape index (κ1) is 18.0. The topological polar surface area (TPSA) is 99.0 Å². The molecular formula is C15H19ClN4O4. The van der Waals surface area contributed by atoms with E-state index in [9.17, 15) is 14.4 Å². The molecule has 130 valence electrons. The molecule has 2 heterocycles. The van der Waals surface area contributed by atoms with Crippen LogP contribution in [0.3, 0.4) is 0 Å². The van der Waals surface area contributed by atoms with Gasteiger partial charge in [-0.1, -0.05) is 6.08 Å². The zero-order valence-electron chi connectivity index (χ0n) is 13.4.